The van der Waals surface area contributed by atoms with Crippen molar-refractivity contribution in [2.24, 2.45) is 0 Å². The van der Waals surface area contributed by atoms with Crippen LogP contribution in [0.2, 0.25) is 0 Å². The summed E-state index contributed by atoms with van der Waals surface area (Å²) in [6, 6.07) is 7.40. The standard InChI is InChI=1S/C8H9N2O2/c11-8-9-7-4-2-1-3-6(7)5-10(8)12/h1-4,8,11-12H,5H2. The second-order valence-electron chi connectivity index (χ2n) is 2.70. The van der Waals surface area contributed by atoms with Gasteiger partial charge in [-0.05, 0) is 11.6 Å². The first kappa shape index (κ1) is 7.54. The van der Waals surface area contributed by atoms with Crippen molar-refractivity contribution >= 4 is 5.69 Å². The maximum Gasteiger partial charge on any atom is 0.226 e. The summed E-state index contributed by atoms with van der Waals surface area (Å²) in [6.07, 6.45) is -1.13. The third-order valence-electron chi connectivity index (χ3n) is 1.85. The molecule has 1 aromatic rings. The molecule has 0 saturated heterocycles. The summed E-state index contributed by atoms with van der Waals surface area (Å²) in [5, 5.41) is 22.9. The van der Waals surface area contributed by atoms with Gasteiger partial charge in [-0.15, -0.1) is 5.06 Å². The summed E-state index contributed by atoms with van der Waals surface area (Å²) in [7, 11) is 0. The van der Waals surface area contributed by atoms with Crippen LogP contribution in [0.25, 0.3) is 0 Å². The lowest BCUT2D eigenvalue weighted by molar-refractivity contribution is -0.216. The summed E-state index contributed by atoms with van der Waals surface area (Å²) in [4.78, 5) is 0. The Morgan fingerprint density at radius 1 is 1.42 bits per heavy atom. The maximum absolute atomic E-state index is 9.13. The molecule has 0 fully saturated rings. The van der Waals surface area contributed by atoms with E-state index in [2.05, 4.69) is 5.32 Å². The summed E-state index contributed by atoms with van der Waals surface area (Å²) in [6.45, 7) is 0.320. The fraction of sp³-hybridized carbons (Fsp3) is 0.250. The highest BCUT2D eigenvalue weighted by atomic mass is 16.5. The van der Waals surface area contributed by atoms with E-state index in [1.165, 1.54) is 0 Å². The molecule has 12 heavy (non-hydrogen) atoms. The minimum absolute atomic E-state index is 0.320. The zero-order valence-corrected chi connectivity index (χ0v) is 6.38. The van der Waals surface area contributed by atoms with Crippen LogP contribution in [0.1, 0.15) is 5.56 Å². The van der Waals surface area contributed by atoms with Gasteiger partial charge in [0.2, 0.25) is 6.35 Å². The second-order valence-corrected chi connectivity index (χ2v) is 2.70. The molecule has 0 bridgehead atoms. The first-order valence-corrected chi connectivity index (χ1v) is 3.70. The van der Waals surface area contributed by atoms with E-state index in [0.717, 1.165) is 16.3 Å². The summed E-state index contributed by atoms with van der Waals surface area (Å²) in [5.41, 5.74) is 1.67. The fourth-order valence-corrected chi connectivity index (χ4v) is 1.22. The largest absolute Gasteiger partial charge is 0.358 e. The zero-order chi connectivity index (χ0) is 8.55. The van der Waals surface area contributed by atoms with Gasteiger partial charge in [0.15, 0.2) is 0 Å². The van der Waals surface area contributed by atoms with Crippen molar-refractivity contribution < 1.29 is 10.3 Å². The molecule has 1 radical (unpaired) electrons. The molecule has 0 spiro atoms. The summed E-state index contributed by atoms with van der Waals surface area (Å²) < 4.78 is 0. The van der Waals surface area contributed by atoms with E-state index in [1.54, 1.807) is 0 Å². The van der Waals surface area contributed by atoms with Crippen molar-refractivity contribution in [2.45, 2.75) is 12.9 Å². The second kappa shape index (κ2) is 2.75. The van der Waals surface area contributed by atoms with Gasteiger partial charge in [-0.2, -0.15) is 0 Å². The van der Waals surface area contributed by atoms with Gasteiger partial charge in [0, 0.05) is 0 Å². The number of para-hydroxylation sites is 1. The third kappa shape index (κ3) is 1.16. The quantitative estimate of drug-likeness (QED) is 0.585. The topological polar surface area (TPSA) is 57.8 Å². The minimum atomic E-state index is -1.13. The van der Waals surface area contributed by atoms with Gasteiger partial charge in [0.05, 0.1) is 12.2 Å². The van der Waals surface area contributed by atoms with Crippen molar-refractivity contribution in [1.82, 2.24) is 10.4 Å². The Balaban J connectivity index is 2.34. The van der Waals surface area contributed by atoms with Crippen LogP contribution in [-0.4, -0.2) is 21.7 Å². The van der Waals surface area contributed by atoms with Crippen LogP contribution in [0.5, 0.6) is 0 Å². The molecular weight excluding hydrogens is 156 g/mol. The highest BCUT2D eigenvalue weighted by Gasteiger charge is 2.22. The van der Waals surface area contributed by atoms with E-state index in [9.17, 15) is 0 Å². The number of benzene rings is 1. The predicted molar refractivity (Wildman–Crippen MR) is 41.6 cm³/mol. The molecule has 63 valence electrons. The number of fused-ring (bicyclic) bond motifs is 1. The van der Waals surface area contributed by atoms with Gasteiger partial charge >= 0.3 is 0 Å². The van der Waals surface area contributed by atoms with Crippen LogP contribution >= 0.6 is 0 Å². The molecule has 0 aliphatic carbocycles. The first-order chi connectivity index (χ1) is 5.77. The molecule has 4 nitrogen and oxygen atoms in total. The normalized spacial score (nSPS) is 23.0. The van der Waals surface area contributed by atoms with Crippen LogP contribution in [0, 0.1) is 0 Å². The van der Waals surface area contributed by atoms with Gasteiger partial charge < -0.3 is 10.3 Å². The van der Waals surface area contributed by atoms with Crippen LogP contribution in [-0.2, 0) is 6.54 Å². The van der Waals surface area contributed by atoms with Crippen LogP contribution in [0.4, 0.5) is 5.69 Å². The molecule has 1 heterocycles. The SMILES string of the molecule is OC1[N]c2ccccc2CN1O. The van der Waals surface area contributed by atoms with E-state index in [-0.39, 0.29) is 0 Å². The lowest BCUT2D eigenvalue weighted by atomic mass is 10.1. The Bertz CT molecular complexity index is 261. The number of hydrogen-bond acceptors (Lipinski definition) is 3. The fourth-order valence-electron chi connectivity index (χ4n) is 1.22. The van der Waals surface area contributed by atoms with Gasteiger partial charge in [-0.3, -0.25) is 0 Å². The molecule has 2 rings (SSSR count). The first-order valence-electron chi connectivity index (χ1n) is 3.70. The van der Waals surface area contributed by atoms with Crippen molar-refractivity contribution in [1.29, 1.82) is 0 Å². The summed E-state index contributed by atoms with van der Waals surface area (Å²) >= 11 is 0. The Morgan fingerprint density at radius 3 is 3.00 bits per heavy atom. The molecule has 4 heteroatoms. The van der Waals surface area contributed by atoms with Crippen molar-refractivity contribution in [3.8, 4) is 0 Å². The zero-order valence-electron chi connectivity index (χ0n) is 6.38. The summed E-state index contributed by atoms with van der Waals surface area (Å²) in [5.74, 6) is 0. The van der Waals surface area contributed by atoms with Gasteiger partial charge in [0.1, 0.15) is 0 Å². The lowest BCUT2D eigenvalue weighted by Gasteiger charge is -2.27. The smallest absolute Gasteiger partial charge is 0.226 e. The molecule has 1 aliphatic heterocycles. The van der Waals surface area contributed by atoms with E-state index in [0.29, 0.717) is 6.54 Å². The highest BCUT2D eigenvalue weighted by molar-refractivity contribution is 5.45. The Hall–Kier alpha value is -1.10. The van der Waals surface area contributed by atoms with Crippen molar-refractivity contribution in [2.75, 3.05) is 0 Å². The Kier molecular flexibility index (Phi) is 1.73. The predicted octanol–water partition coefficient (Wildman–Crippen LogP) is 0.403. The monoisotopic (exact) mass is 165 g/mol. The Morgan fingerprint density at radius 2 is 2.17 bits per heavy atom. The molecule has 0 aromatic heterocycles. The van der Waals surface area contributed by atoms with Gasteiger partial charge in [0.25, 0.3) is 0 Å². The van der Waals surface area contributed by atoms with E-state index < -0.39 is 6.35 Å². The Labute approximate surface area is 70.0 Å². The molecule has 1 unspecified atom stereocenters. The van der Waals surface area contributed by atoms with E-state index in [1.807, 2.05) is 24.3 Å². The van der Waals surface area contributed by atoms with E-state index >= 15 is 0 Å². The minimum Gasteiger partial charge on any atom is -0.358 e. The average molecular weight is 165 g/mol. The van der Waals surface area contributed by atoms with Crippen molar-refractivity contribution in [3.63, 3.8) is 0 Å². The molecule has 0 amide bonds. The number of hydroxylamine groups is 2. The van der Waals surface area contributed by atoms with Gasteiger partial charge in [-0.1, -0.05) is 18.2 Å². The number of aliphatic hydroxyl groups is 1. The van der Waals surface area contributed by atoms with Crippen LogP contribution < -0.4 is 5.32 Å². The molecular formula is C8H9N2O2. The number of rotatable bonds is 0. The van der Waals surface area contributed by atoms with Crippen molar-refractivity contribution in [3.05, 3.63) is 29.8 Å². The molecule has 1 aromatic carbocycles. The molecule has 1 atom stereocenters. The van der Waals surface area contributed by atoms with Gasteiger partial charge in [-0.25, -0.2) is 5.32 Å². The average Bonchev–Trinajstić information content (AvgIpc) is 2.07. The molecule has 1 aliphatic rings. The van der Waals surface area contributed by atoms with Crippen LogP contribution in [0.15, 0.2) is 24.3 Å². The van der Waals surface area contributed by atoms with E-state index in [4.69, 9.17) is 10.3 Å². The number of nitrogens with zero attached hydrogens (tertiary/aromatic N) is 2. The maximum atomic E-state index is 9.13. The number of hydrogen-bond donors (Lipinski definition) is 2. The lowest BCUT2D eigenvalue weighted by Crippen LogP contribution is -2.41. The third-order valence-corrected chi connectivity index (χ3v) is 1.85. The number of aliphatic hydroxyl groups excluding tert-OH is 1. The molecule has 2 N–H and O–H groups in total. The van der Waals surface area contributed by atoms with Crippen LogP contribution in [0.3, 0.4) is 0 Å². The molecule has 0 saturated carbocycles. The highest BCUT2D eigenvalue weighted by Crippen LogP contribution is 2.22.